The predicted octanol–water partition coefficient (Wildman–Crippen LogP) is 4.48. The van der Waals surface area contributed by atoms with Crippen LogP contribution in [0.4, 0.5) is 18.0 Å². The number of halogens is 6. The maximum absolute atomic E-state index is 12.7. The van der Waals surface area contributed by atoms with Crippen LogP contribution in [0.3, 0.4) is 0 Å². The first-order chi connectivity index (χ1) is 11.6. The van der Waals surface area contributed by atoms with Gasteiger partial charge < -0.3 is 5.73 Å². The van der Waals surface area contributed by atoms with Crippen molar-refractivity contribution in [2.24, 2.45) is 10.8 Å². The monoisotopic (exact) mass is 410 g/mol. The summed E-state index contributed by atoms with van der Waals surface area (Å²) in [6, 6.07) is 4.00. The number of nitrogens with one attached hydrogen (secondary N) is 1. The quantitative estimate of drug-likeness (QED) is 0.577. The highest BCUT2D eigenvalue weighted by Crippen LogP contribution is 2.32. The Labute approximate surface area is 154 Å². The van der Waals surface area contributed by atoms with Crippen LogP contribution in [0.1, 0.15) is 16.8 Å². The zero-order valence-electron chi connectivity index (χ0n) is 12.0. The Morgan fingerprint density at radius 3 is 2.36 bits per heavy atom. The van der Waals surface area contributed by atoms with Crippen molar-refractivity contribution >= 4 is 46.5 Å². The van der Waals surface area contributed by atoms with Crippen molar-refractivity contribution < 1.29 is 18.0 Å². The van der Waals surface area contributed by atoms with E-state index < -0.39 is 17.8 Å². The van der Waals surface area contributed by atoms with Crippen molar-refractivity contribution in [3.63, 3.8) is 0 Å². The normalized spacial score (nSPS) is 12.2. The first kappa shape index (κ1) is 19.3. The van der Waals surface area contributed by atoms with Crippen LogP contribution < -0.4 is 11.2 Å². The lowest BCUT2D eigenvalue weighted by Gasteiger charge is -2.12. The zero-order chi connectivity index (χ0) is 18.8. The Morgan fingerprint density at radius 1 is 1.16 bits per heavy atom. The summed E-state index contributed by atoms with van der Waals surface area (Å²) in [6.45, 7) is 0. The SMILES string of the molecule is NC(=O)NN=C(c1ccc(Cl)cc1Cl)c1ncc(C(F)(F)F)cc1Cl. The number of rotatable bonds is 3. The van der Waals surface area contributed by atoms with Gasteiger partial charge in [0.2, 0.25) is 0 Å². The van der Waals surface area contributed by atoms with Gasteiger partial charge in [0.25, 0.3) is 0 Å². The molecule has 1 aromatic heterocycles. The molecule has 2 amide bonds. The number of amides is 2. The molecule has 0 aliphatic rings. The molecule has 5 nitrogen and oxygen atoms in total. The highest BCUT2D eigenvalue weighted by Gasteiger charge is 2.32. The zero-order valence-corrected chi connectivity index (χ0v) is 14.3. The molecule has 2 rings (SSSR count). The van der Waals surface area contributed by atoms with Gasteiger partial charge in [-0.25, -0.2) is 10.2 Å². The summed E-state index contributed by atoms with van der Waals surface area (Å²) in [5, 5.41) is 3.84. The molecule has 0 radical (unpaired) electrons. The highest BCUT2D eigenvalue weighted by molar-refractivity contribution is 6.39. The molecule has 0 unspecified atom stereocenters. The van der Waals surface area contributed by atoms with Crippen LogP contribution >= 0.6 is 34.8 Å². The number of urea groups is 1. The van der Waals surface area contributed by atoms with E-state index in [-0.39, 0.29) is 27.0 Å². The average molecular weight is 412 g/mol. The number of carbonyl (C=O) groups is 1. The first-order valence-corrected chi connectivity index (χ1v) is 7.54. The molecule has 1 heterocycles. The van der Waals surface area contributed by atoms with Crippen LogP contribution in [0.15, 0.2) is 35.6 Å². The lowest BCUT2D eigenvalue weighted by Crippen LogP contribution is -2.26. The van der Waals surface area contributed by atoms with Gasteiger partial charge in [0, 0.05) is 16.8 Å². The fourth-order valence-electron chi connectivity index (χ4n) is 1.80. The summed E-state index contributed by atoms with van der Waals surface area (Å²) in [6.07, 6.45) is -4.03. The van der Waals surface area contributed by atoms with Gasteiger partial charge in [-0.05, 0) is 24.3 Å². The van der Waals surface area contributed by atoms with Gasteiger partial charge in [0.1, 0.15) is 11.4 Å². The van der Waals surface area contributed by atoms with E-state index in [2.05, 4.69) is 10.1 Å². The number of carbonyl (C=O) groups excluding carboxylic acids is 1. The fourth-order valence-corrected chi connectivity index (χ4v) is 2.55. The summed E-state index contributed by atoms with van der Waals surface area (Å²) in [5.41, 5.74) is 5.91. The Balaban J connectivity index is 2.61. The van der Waals surface area contributed by atoms with Gasteiger partial charge in [0.05, 0.1) is 15.6 Å². The molecule has 25 heavy (non-hydrogen) atoms. The molecule has 0 aliphatic heterocycles. The van der Waals surface area contributed by atoms with Gasteiger partial charge >= 0.3 is 12.2 Å². The number of hydrogen-bond donors (Lipinski definition) is 2. The number of hydrogen-bond acceptors (Lipinski definition) is 3. The molecule has 132 valence electrons. The number of aromatic nitrogens is 1. The predicted molar refractivity (Wildman–Crippen MR) is 89.1 cm³/mol. The third kappa shape index (κ3) is 4.75. The summed E-state index contributed by atoms with van der Waals surface area (Å²) in [5.74, 6) is 0. The molecular formula is C14H8Cl3F3N4O. The molecule has 0 fully saturated rings. The number of pyridine rings is 1. The largest absolute Gasteiger partial charge is 0.417 e. The second-order valence-corrected chi connectivity index (χ2v) is 5.86. The Morgan fingerprint density at radius 2 is 1.84 bits per heavy atom. The number of alkyl halides is 3. The van der Waals surface area contributed by atoms with Crippen molar-refractivity contribution in [1.82, 2.24) is 10.4 Å². The minimum atomic E-state index is -4.62. The molecule has 3 N–H and O–H groups in total. The van der Waals surface area contributed by atoms with Gasteiger partial charge in [-0.15, -0.1) is 0 Å². The van der Waals surface area contributed by atoms with E-state index in [1.807, 2.05) is 5.43 Å². The number of nitrogens with two attached hydrogens (primary N) is 1. The number of nitrogens with zero attached hydrogens (tertiary/aromatic N) is 2. The first-order valence-electron chi connectivity index (χ1n) is 6.41. The van der Waals surface area contributed by atoms with E-state index in [0.29, 0.717) is 17.3 Å². The Hall–Kier alpha value is -2.03. The van der Waals surface area contributed by atoms with Crippen molar-refractivity contribution in [2.45, 2.75) is 6.18 Å². The Kier molecular flexibility index (Phi) is 5.76. The second-order valence-electron chi connectivity index (χ2n) is 4.61. The second kappa shape index (κ2) is 7.47. The van der Waals surface area contributed by atoms with Crippen molar-refractivity contribution in [3.05, 3.63) is 62.4 Å². The Bertz CT molecular complexity index is 856. The van der Waals surface area contributed by atoms with E-state index in [0.717, 1.165) is 0 Å². The van der Waals surface area contributed by atoms with E-state index in [1.54, 1.807) is 0 Å². The smallest absolute Gasteiger partial charge is 0.350 e. The lowest BCUT2D eigenvalue weighted by molar-refractivity contribution is -0.137. The van der Waals surface area contributed by atoms with Crippen LogP contribution in [0.2, 0.25) is 15.1 Å². The molecule has 0 spiro atoms. The van der Waals surface area contributed by atoms with Crippen LogP contribution in [0.25, 0.3) is 0 Å². The number of benzene rings is 1. The summed E-state index contributed by atoms with van der Waals surface area (Å²) < 4.78 is 38.2. The van der Waals surface area contributed by atoms with Gasteiger partial charge in [-0.2, -0.15) is 18.3 Å². The minimum absolute atomic E-state index is 0.0841. The van der Waals surface area contributed by atoms with Crippen molar-refractivity contribution in [3.8, 4) is 0 Å². The molecule has 0 saturated carbocycles. The van der Waals surface area contributed by atoms with Gasteiger partial charge in [0.15, 0.2) is 0 Å². The molecule has 0 atom stereocenters. The molecule has 0 bridgehead atoms. The van der Waals surface area contributed by atoms with E-state index in [4.69, 9.17) is 40.5 Å². The van der Waals surface area contributed by atoms with Crippen molar-refractivity contribution in [1.29, 1.82) is 0 Å². The fraction of sp³-hybridized carbons (Fsp3) is 0.0714. The van der Waals surface area contributed by atoms with Crippen LogP contribution in [-0.4, -0.2) is 16.7 Å². The number of hydrazone groups is 1. The van der Waals surface area contributed by atoms with E-state index >= 15 is 0 Å². The standard InChI is InChI=1S/C14H8Cl3F3N4O/c15-7-1-2-8(9(16)4-7)11(23-24-13(21)25)12-10(17)3-6(5-22-12)14(18,19)20/h1-5H,(H3,21,24,25). The highest BCUT2D eigenvalue weighted by atomic mass is 35.5. The van der Waals surface area contributed by atoms with Crippen LogP contribution in [0.5, 0.6) is 0 Å². The third-order valence-electron chi connectivity index (χ3n) is 2.86. The molecule has 2 aromatic rings. The maximum Gasteiger partial charge on any atom is 0.417 e. The molecule has 0 aliphatic carbocycles. The van der Waals surface area contributed by atoms with Crippen LogP contribution in [-0.2, 0) is 6.18 Å². The lowest BCUT2D eigenvalue weighted by atomic mass is 10.1. The molecule has 1 aromatic carbocycles. The van der Waals surface area contributed by atoms with Gasteiger partial charge in [-0.1, -0.05) is 34.8 Å². The van der Waals surface area contributed by atoms with E-state index in [9.17, 15) is 18.0 Å². The molecular weight excluding hydrogens is 404 g/mol. The topological polar surface area (TPSA) is 80.4 Å². The number of primary amides is 1. The molecule has 11 heteroatoms. The van der Waals surface area contributed by atoms with Gasteiger partial charge in [-0.3, -0.25) is 4.98 Å². The maximum atomic E-state index is 12.7. The van der Waals surface area contributed by atoms with Crippen LogP contribution in [0, 0.1) is 0 Å². The third-order valence-corrected chi connectivity index (χ3v) is 3.69. The summed E-state index contributed by atoms with van der Waals surface area (Å²) >= 11 is 17.8. The average Bonchev–Trinajstić information content (AvgIpc) is 2.49. The van der Waals surface area contributed by atoms with Crippen molar-refractivity contribution in [2.75, 3.05) is 0 Å². The summed E-state index contributed by atoms with van der Waals surface area (Å²) in [4.78, 5) is 14.6. The summed E-state index contributed by atoms with van der Waals surface area (Å²) in [7, 11) is 0. The van der Waals surface area contributed by atoms with E-state index in [1.165, 1.54) is 18.2 Å². The minimum Gasteiger partial charge on any atom is -0.350 e. The molecule has 0 saturated heterocycles.